The van der Waals surface area contributed by atoms with Crippen molar-refractivity contribution >= 4 is 5.91 Å². The summed E-state index contributed by atoms with van der Waals surface area (Å²) in [5, 5.41) is 3.00. The second-order valence-corrected chi connectivity index (χ2v) is 4.92. The number of carbonyl (C=O) groups is 1. The molecule has 5 heteroatoms. The number of aryl methyl sites for hydroxylation is 1. The molecule has 1 aromatic rings. The molecule has 0 bridgehead atoms. The van der Waals surface area contributed by atoms with Gasteiger partial charge in [-0.25, -0.2) is 4.98 Å². The highest BCUT2D eigenvalue weighted by Gasteiger charge is 2.20. The van der Waals surface area contributed by atoms with Crippen LogP contribution in [0.3, 0.4) is 0 Å². The van der Waals surface area contributed by atoms with Crippen LogP contribution in [0.15, 0.2) is 12.5 Å². The van der Waals surface area contributed by atoms with Gasteiger partial charge in [0.25, 0.3) is 0 Å². The van der Waals surface area contributed by atoms with Crippen molar-refractivity contribution in [3.05, 3.63) is 18.2 Å². The van der Waals surface area contributed by atoms with Gasteiger partial charge in [-0.3, -0.25) is 9.69 Å². The first-order valence-corrected chi connectivity index (χ1v) is 6.67. The average Bonchev–Trinajstić information content (AvgIpc) is 2.78. The van der Waals surface area contributed by atoms with Crippen LogP contribution in [0.1, 0.15) is 32.4 Å². The van der Waals surface area contributed by atoms with Crippen LogP contribution < -0.4 is 5.32 Å². The standard InChI is InChI=1S/C13H22N4O/c1-3-17-10-14-8-13(17)9-16-6-4-12(5-7-16)15-11(2)18/h8,10,12H,3-7,9H2,1-2H3,(H,15,18). The zero-order valence-electron chi connectivity index (χ0n) is 11.2. The Hall–Kier alpha value is -1.36. The number of amides is 1. The molecule has 2 rings (SSSR count). The van der Waals surface area contributed by atoms with Crippen LogP contribution >= 0.6 is 0 Å². The topological polar surface area (TPSA) is 50.2 Å². The van der Waals surface area contributed by atoms with Crippen molar-refractivity contribution in [2.45, 2.75) is 45.8 Å². The molecule has 1 saturated heterocycles. The third-order valence-corrected chi connectivity index (χ3v) is 3.52. The van der Waals surface area contributed by atoms with Gasteiger partial charge in [0, 0.05) is 45.3 Å². The summed E-state index contributed by atoms with van der Waals surface area (Å²) < 4.78 is 2.18. The van der Waals surface area contributed by atoms with Gasteiger partial charge in [-0.1, -0.05) is 0 Å². The van der Waals surface area contributed by atoms with Gasteiger partial charge in [0.1, 0.15) is 0 Å². The van der Waals surface area contributed by atoms with E-state index in [1.807, 2.05) is 12.5 Å². The molecule has 5 nitrogen and oxygen atoms in total. The van der Waals surface area contributed by atoms with E-state index in [4.69, 9.17) is 0 Å². The third kappa shape index (κ3) is 3.32. The molecule has 0 radical (unpaired) electrons. The fourth-order valence-corrected chi connectivity index (χ4v) is 2.52. The van der Waals surface area contributed by atoms with Gasteiger partial charge < -0.3 is 9.88 Å². The molecular formula is C13H22N4O. The van der Waals surface area contributed by atoms with Gasteiger partial charge in [-0.15, -0.1) is 0 Å². The van der Waals surface area contributed by atoms with Crippen LogP contribution in [-0.2, 0) is 17.9 Å². The summed E-state index contributed by atoms with van der Waals surface area (Å²) in [7, 11) is 0. The maximum absolute atomic E-state index is 11.0. The lowest BCUT2D eigenvalue weighted by Crippen LogP contribution is -2.43. The Morgan fingerprint density at radius 1 is 1.50 bits per heavy atom. The first-order valence-electron chi connectivity index (χ1n) is 6.67. The lowest BCUT2D eigenvalue weighted by Gasteiger charge is -2.32. The molecule has 0 unspecified atom stereocenters. The number of imidazole rings is 1. The summed E-state index contributed by atoms with van der Waals surface area (Å²) >= 11 is 0. The molecule has 0 aliphatic carbocycles. The fourth-order valence-electron chi connectivity index (χ4n) is 2.52. The normalized spacial score (nSPS) is 17.9. The molecule has 1 fully saturated rings. The van der Waals surface area contributed by atoms with Crippen LogP contribution in [0.4, 0.5) is 0 Å². The largest absolute Gasteiger partial charge is 0.354 e. The quantitative estimate of drug-likeness (QED) is 0.867. The molecule has 0 spiro atoms. The number of piperidine rings is 1. The Kier molecular flexibility index (Phi) is 4.36. The van der Waals surface area contributed by atoms with E-state index in [0.717, 1.165) is 39.0 Å². The van der Waals surface area contributed by atoms with Gasteiger partial charge in [0.05, 0.1) is 12.0 Å². The van der Waals surface area contributed by atoms with Gasteiger partial charge >= 0.3 is 0 Å². The zero-order chi connectivity index (χ0) is 13.0. The molecule has 1 amide bonds. The maximum Gasteiger partial charge on any atom is 0.217 e. The van der Waals surface area contributed by atoms with Crippen LogP contribution in [0.5, 0.6) is 0 Å². The first kappa shape index (κ1) is 13.1. The predicted octanol–water partition coefficient (Wildman–Crippen LogP) is 1.00. The number of likely N-dealkylation sites (tertiary alicyclic amines) is 1. The number of hydrogen-bond donors (Lipinski definition) is 1. The van der Waals surface area contributed by atoms with Crippen molar-refractivity contribution in [2.24, 2.45) is 0 Å². The van der Waals surface area contributed by atoms with E-state index in [2.05, 4.69) is 26.7 Å². The monoisotopic (exact) mass is 250 g/mol. The Morgan fingerprint density at radius 2 is 2.22 bits per heavy atom. The second-order valence-electron chi connectivity index (χ2n) is 4.92. The Bertz CT molecular complexity index is 393. The van der Waals surface area contributed by atoms with Crippen LogP contribution in [0, 0.1) is 0 Å². The summed E-state index contributed by atoms with van der Waals surface area (Å²) in [6.07, 6.45) is 5.92. The van der Waals surface area contributed by atoms with Crippen LogP contribution in [0.25, 0.3) is 0 Å². The summed E-state index contributed by atoms with van der Waals surface area (Å²) in [6.45, 7) is 7.73. The SMILES string of the molecule is CCn1cncc1CN1CCC(NC(C)=O)CC1. The van der Waals surface area contributed by atoms with Crippen molar-refractivity contribution in [1.29, 1.82) is 0 Å². The molecule has 0 saturated carbocycles. The van der Waals surface area contributed by atoms with E-state index in [-0.39, 0.29) is 5.91 Å². The van der Waals surface area contributed by atoms with E-state index in [0.29, 0.717) is 6.04 Å². The van der Waals surface area contributed by atoms with E-state index in [9.17, 15) is 4.79 Å². The molecule has 100 valence electrons. The zero-order valence-corrected chi connectivity index (χ0v) is 11.2. The summed E-state index contributed by atoms with van der Waals surface area (Å²) in [4.78, 5) is 17.6. The van der Waals surface area contributed by atoms with E-state index < -0.39 is 0 Å². The highest BCUT2D eigenvalue weighted by molar-refractivity contribution is 5.73. The Labute approximate surface area is 108 Å². The second kappa shape index (κ2) is 6.00. The van der Waals surface area contributed by atoms with E-state index >= 15 is 0 Å². The third-order valence-electron chi connectivity index (χ3n) is 3.52. The number of nitrogens with zero attached hydrogens (tertiary/aromatic N) is 3. The summed E-state index contributed by atoms with van der Waals surface area (Å²) in [6, 6.07) is 0.356. The van der Waals surface area contributed by atoms with Gasteiger partial charge in [-0.05, 0) is 19.8 Å². The minimum Gasteiger partial charge on any atom is -0.354 e. The molecular weight excluding hydrogens is 228 g/mol. The van der Waals surface area contributed by atoms with E-state index in [1.54, 1.807) is 6.92 Å². The number of hydrogen-bond acceptors (Lipinski definition) is 3. The van der Waals surface area contributed by atoms with Gasteiger partial charge in [0.2, 0.25) is 5.91 Å². The van der Waals surface area contributed by atoms with Crippen molar-refractivity contribution in [1.82, 2.24) is 19.8 Å². The lowest BCUT2D eigenvalue weighted by molar-refractivity contribution is -0.119. The summed E-state index contributed by atoms with van der Waals surface area (Å²) in [5.41, 5.74) is 1.27. The highest BCUT2D eigenvalue weighted by Crippen LogP contribution is 2.13. The Morgan fingerprint density at radius 3 is 2.83 bits per heavy atom. The van der Waals surface area contributed by atoms with Crippen LogP contribution in [-0.4, -0.2) is 39.5 Å². The molecule has 1 aliphatic rings. The van der Waals surface area contributed by atoms with Gasteiger partial charge in [0.15, 0.2) is 0 Å². The predicted molar refractivity (Wildman–Crippen MR) is 70.0 cm³/mol. The number of rotatable bonds is 4. The van der Waals surface area contributed by atoms with Crippen molar-refractivity contribution < 1.29 is 4.79 Å². The van der Waals surface area contributed by atoms with Gasteiger partial charge in [-0.2, -0.15) is 0 Å². The molecule has 18 heavy (non-hydrogen) atoms. The van der Waals surface area contributed by atoms with Crippen molar-refractivity contribution in [2.75, 3.05) is 13.1 Å². The highest BCUT2D eigenvalue weighted by atomic mass is 16.1. The number of nitrogens with one attached hydrogen (secondary N) is 1. The first-order chi connectivity index (χ1) is 8.69. The van der Waals surface area contributed by atoms with Crippen molar-refractivity contribution in [3.8, 4) is 0 Å². The number of carbonyl (C=O) groups excluding carboxylic acids is 1. The Balaban J connectivity index is 1.81. The smallest absolute Gasteiger partial charge is 0.217 e. The fraction of sp³-hybridized carbons (Fsp3) is 0.692. The lowest BCUT2D eigenvalue weighted by atomic mass is 10.0. The average molecular weight is 250 g/mol. The van der Waals surface area contributed by atoms with E-state index in [1.165, 1.54) is 5.69 Å². The molecule has 2 heterocycles. The van der Waals surface area contributed by atoms with Crippen molar-refractivity contribution in [3.63, 3.8) is 0 Å². The maximum atomic E-state index is 11.0. The van der Waals surface area contributed by atoms with Crippen LogP contribution in [0.2, 0.25) is 0 Å². The molecule has 0 aromatic carbocycles. The molecule has 0 atom stereocenters. The molecule has 1 N–H and O–H groups in total. The minimum atomic E-state index is 0.0810. The molecule has 1 aromatic heterocycles. The summed E-state index contributed by atoms with van der Waals surface area (Å²) in [5.74, 6) is 0.0810. The number of aromatic nitrogens is 2. The molecule has 1 aliphatic heterocycles. The minimum absolute atomic E-state index is 0.0810.